The van der Waals surface area contributed by atoms with E-state index in [4.69, 9.17) is 25.5 Å². The molecule has 1 aliphatic heterocycles. The molecule has 8 nitrogen and oxygen atoms in total. The van der Waals surface area contributed by atoms with Crippen molar-refractivity contribution in [1.82, 2.24) is 9.88 Å². The van der Waals surface area contributed by atoms with E-state index >= 15 is 0 Å². The SMILES string of the molecule is CC(Oc1ccc2c(-c3ccccc3Cl)cc(=O)oc2n1)C(=O)N1CCCC(C(=O)OC(C)(C)C)C1. The quantitative estimate of drug-likeness (QED) is 0.450. The van der Waals surface area contributed by atoms with Gasteiger partial charge in [0.05, 0.1) is 5.92 Å². The van der Waals surface area contributed by atoms with E-state index in [2.05, 4.69) is 4.98 Å². The Labute approximate surface area is 214 Å². The third-order valence-corrected chi connectivity index (χ3v) is 6.20. The van der Waals surface area contributed by atoms with Crippen molar-refractivity contribution in [2.75, 3.05) is 13.1 Å². The highest BCUT2D eigenvalue weighted by atomic mass is 35.5. The highest BCUT2D eigenvalue weighted by molar-refractivity contribution is 6.33. The van der Waals surface area contributed by atoms with Crippen molar-refractivity contribution in [1.29, 1.82) is 0 Å². The lowest BCUT2D eigenvalue weighted by molar-refractivity contribution is -0.163. The second-order valence-corrected chi connectivity index (χ2v) is 10.3. The molecule has 1 aromatic carbocycles. The second-order valence-electron chi connectivity index (χ2n) is 9.88. The van der Waals surface area contributed by atoms with Crippen LogP contribution in [0.3, 0.4) is 0 Å². The minimum atomic E-state index is -0.856. The van der Waals surface area contributed by atoms with Gasteiger partial charge in [-0.25, -0.2) is 4.79 Å². The fourth-order valence-corrected chi connectivity index (χ4v) is 4.48. The average molecular weight is 513 g/mol. The fourth-order valence-electron chi connectivity index (χ4n) is 4.24. The molecule has 3 aromatic rings. The first-order valence-electron chi connectivity index (χ1n) is 11.9. The molecule has 0 radical (unpaired) electrons. The number of nitrogens with zero attached hydrogens (tertiary/aromatic N) is 2. The number of carbonyl (C=O) groups excluding carboxylic acids is 2. The molecule has 1 fully saturated rings. The summed E-state index contributed by atoms with van der Waals surface area (Å²) in [4.78, 5) is 43.8. The van der Waals surface area contributed by atoms with E-state index in [1.165, 1.54) is 6.07 Å². The van der Waals surface area contributed by atoms with Gasteiger partial charge in [0.25, 0.3) is 5.91 Å². The molecule has 0 spiro atoms. The maximum Gasteiger partial charge on any atom is 0.338 e. The Morgan fingerprint density at radius 1 is 1.17 bits per heavy atom. The van der Waals surface area contributed by atoms with Gasteiger partial charge in [0, 0.05) is 46.8 Å². The molecule has 190 valence electrons. The van der Waals surface area contributed by atoms with Crippen LogP contribution in [-0.2, 0) is 14.3 Å². The summed E-state index contributed by atoms with van der Waals surface area (Å²) in [5.74, 6) is -0.778. The van der Waals surface area contributed by atoms with E-state index in [1.807, 2.05) is 32.9 Å². The van der Waals surface area contributed by atoms with E-state index in [1.54, 1.807) is 36.1 Å². The summed E-state index contributed by atoms with van der Waals surface area (Å²) in [5.41, 5.74) is 0.199. The standard InChI is InChI=1S/C27H29ClN2O6/c1-16(25(32)30-13-7-8-17(15-30)26(33)36-27(2,3)4)34-22-12-11-19-20(14-23(31)35-24(19)29-22)18-9-5-6-10-21(18)28/h5-6,9-12,14,16-17H,7-8,13,15H2,1-4H3. The summed E-state index contributed by atoms with van der Waals surface area (Å²) < 4.78 is 16.6. The number of carbonyl (C=O) groups is 2. The molecule has 2 atom stereocenters. The molecule has 1 saturated heterocycles. The molecule has 3 heterocycles. The number of benzene rings is 1. The van der Waals surface area contributed by atoms with Crippen LogP contribution < -0.4 is 10.4 Å². The van der Waals surface area contributed by atoms with E-state index in [0.717, 1.165) is 0 Å². The van der Waals surface area contributed by atoms with Crippen LogP contribution in [-0.4, -0.2) is 46.6 Å². The number of ether oxygens (including phenoxy) is 2. The molecule has 2 unspecified atom stereocenters. The van der Waals surface area contributed by atoms with Crippen LogP contribution >= 0.6 is 11.6 Å². The van der Waals surface area contributed by atoms with Gasteiger partial charge in [0.2, 0.25) is 11.6 Å². The third-order valence-electron chi connectivity index (χ3n) is 5.87. The molecule has 36 heavy (non-hydrogen) atoms. The number of halogens is 1. The number of aromatic nitrogens is 1. The number of piperidine rings is 1. The summed E-state index contributed by atoms with van der Waals surface area (Å²) >= 11 is 6.33. The summed E-state index contributed by atoms with van der Waals surface area (Å²) in [5, 5.41) is 1.08. The zero-order chi connectivity index (χ0) is 26.0. The van der Waals surface area contributed by atoms with Gasteiger partial charge in [-0.2, -0.15) is 4.98 Å². The molecule has 0 bridgehead atoms. The molecule has 0 N–H and O–H groups in total. The monoisotopic (exact) mass is 512 g/mol. The molecular formula is C27H29ClN2O6. The minimum Gasteiger partial charge on any atom is -0.464 e. The van der Waals surface area contributed by atoms with Crippen LogP contribution in [0, 0.1) is 5.92 Å². The Hall–Kier alpha value is -3.39. The summed E-state index contributed by atoms with van der Waals surface area (Å²) in [6.07, 6.45) is 0.519. The zero-order valence-electron chi connectivity index (χ0n) is 20.7. The predicted octanol–water partition coefficient (Wildman–Crippen LogP) is 4.86. The number of likely N-dealkylation sites (tertiary alicyclic amines) is 1. The lowest BCUT2D eigenvalue weighted by Gasteiger charge is -2.34. The maximum atomic E-state index is 13.1. The van der Waals surface area contributed by atoms with Gasteiger partial charge in [0.1, 0.15) is 5.60 Å². The van der Waals surface area contributed by atoms with Crippen LogP contribution in [0.2, 0.25) is 5.02 Å². The van der Waals surface area contributed by atoms with Crippen LogP contribution in [0.1, 0.15) is 40.5 Å². The van der Waals surface area contributed by atoms with Crippen LogP contribution in [0.15, 0.2) is 51.7 Å². The van der Waals surface area contributed by atoms with Crippen LogP contribution in [0.5, 0.6) is 5.88 Å². The number of hydrogen-bond donors (Lipinski definition) is 0. The van der Waals surface area contributed by atoms with E-state index in [-0.39, 0.29) is 35.9 Å². The van der Waals surface area contributed by atoms with Crippen LogP contribution in [0.25, 0.3) is 22.2 Å². The van der Waals surface area contributed by atoms with Crippen molar-refractivity contribution >= 4 is 34.6 Å². The maximum absolute atomic E-state index is 13.1. The predicted molar refractivity (Wildman–Crippen MR) is 136 cm³/mol. The second kappa shape index (κ2) is 10.3. The molecule has 1 aliphatic rings. The first-order chi connectivity index (χ1) is 17.0. The lowest BCUT2D eigenvalue weighted by atomic mass is 9.97. The molecule has 1 amide bonds. The van der Waals surface area contributed by atoms with Gasteiger partial charge in [-0.1, -0.05) is 29.8 Å². The lowest BCUT2D eigenvalue weighted by Crippen LogP contribution is -2.48. The summed E-state index contributed by atoms with van der Waals surface area (Å²) in [6, 6.07) is 11.9. The van der Waals surface area contributed by atoms with Crippen LogP contribution in [0.4, 0.5) is 0 Å². The Morgan fingerprint density at radius 3 is 2.64 bits per heavy atom. The third kappa shape index (κ3) is 5.87. The van der Waals surface area contributed by atoms with Gasteiger partial charge in [-0.3, -0.25) is 9.59 Å². The fraction of sp³-hybridized carbons (Fsp3) is 0.407. The van der Waals surface area contributed by atoms with Crippen molar-refractivity contribution in [3.05, 3.63) is 57.9 Å². The first-order valence-corrected chi connectivity index (χ1v) is 12.3. The topological polar surface area (TPSA) is 98.9 Å². The van der Waals surface area contributed by atoms with Gasteiger partial charge in [-0.15, -0.1) is 0 Å². The molecule has 4 rings (SSSR count). The highest BCUT2D eigenvalue weighted by Crippen LogP contribution is 2.32. The Morgan fingerprint density at radius 2 is 1.92 bits per heavy atom. The molecular weight excluding hydrogens is 484 g/mol. The summed E-state index contributed by atoms with van der Waals surface area (Å²) in [7, 11) is 0. The Bertz CT molecular complexity index is 1350. The summed E-state index contributed by atoms with van der Waals surface area (Å²) in [6.45, 7) is 7.91. The van der Waals surface area contributed by atoms with Crippen molar-refractivity contribution in [3.8, 4) is 17.0 Å². The molecule has 0 saturated carbocycles. The number of esters is 1. The van der Waals surface area contributed by atoms with Crippen molar-refractivity contribution in [2.45, 2.75) is 52.2 Å². The minimum absolute atomic E-state index is 0.0810. The molecule has 0 aliphatic carbocycles. The van der Waals surface area contributed by atoms with Crippen molar-refractivity contribution < 1.29 is 23.5 Å². The number of fused-ring (bicyclic) bond motifs is 1. The first kappa shape index (κ1) is 25.7. The Balaban J connectivity index is 1.50. The van der Waals surface area contributed by atoms with E-state index in [9.17, 15) is 14.4 Å². The van der Waals surface area contributed by atoms with E-state index in [0.29, 0.717) is 40.9 Å². The normalized spacial score (nSPS) is 17.0. The largest absolute Gasteiger partial charge is 0.464 e. The van der Waals surface area contributed by atoms with Crippen molar-refractivity contribution in [2.24, 2.45) is 5.92 Å². The van der Waals surface area contributed by atoms with E-state index < -0.39 is 17.3 Å². The van der Waals surface area contributed by atoms with Gasteiger partial charge in [0.15, 0.2) is 6.10 Å². The van der Waals surface area contributed by atoms with Gasteiger partial charge < -0.3 is 18.8 Å². The highest BCUT2D eigenvalue weighted by Gasteiger charge is 2.33. The average Bonchev–Trinajstić information content (AvgIpc) is 2.82. The number of pyridine rings is 1. The zero-order valence-corrected chi connectivity index (χ0v) is 21.5. The van der Waals surface area contributed by atoms with Gasteiger partial charge >= 0.3 is 11.6 Å². The smallest absolute Gasteiger partial charge is 0.338 e. The number of rotatable bonds is 5. The van der Waals surface area contributed by atoms with Crippen molar-refractivity contribution in [3.63, 3.8) is 0 Å². The number of amides is 1. The Kier molecular flexibility index (Phi) is 7.36. The molecule has 9 heteroatoms. The van der Waals surface area contributed by atoms with Gasteiger partial charge in [-0.05, 0) is 52.7 Å². The number of hydrogen-bond acceptors (Lipinski definition) is 7. The molecule has 2 aromatic heterocycles.